The average Bonchev–Trinajstić information content (AvgIpc) is 3.10. The fourth-order valence-corrected chi connectivity index (χ4v) is 3.22. The standard InChI is InChI=1S/C19H26N4O/c1-18(2,3)15-5-7-16(8-6-15)22-17(24)19(9-12-20-13-10-19)23-14-4-11-21-23/h4-8,11,14,20H,9-10,12-13H2,1-3H3,(H,22,24). The lowest BCUT2D eigenvalue weighted by Gasteiger charge is -2.36. The third-order valence-electron chi connectivity index (χ3n) is 4.81. The zero-order chi connectivity index (χ0) is 17.2. The fourth-order valence-electron chi connectivity index (χ4n) is 3.22. The van der Waals surface area contributed by atoms with Gasteiger partial charge < -0.3 is 10.6 Å². The van der Waals surface area contributed by atoms with Gasteiger partial charge in [-0.15, -0.1) is 0 Å². The van der Waals surface area contributed by atoms with Crippen molar-refractivity contribution in [3.63, 3.8) is 0 Å². The molecular formula is C19H26N4O. The Morgan fingerprint density at radius 3 is 2.42 bits per heavy atom. The average molecular weight is 326 g/mol. The molecule has 5 heteroatoms. The Kier molecular flexibility index (Phi) is 4.45. The van der Waals surface area contributed by atoms with Crippen LogP contribution >= 0.6 is 0 Å². The van der Waals surface area contributed by atoms with Crippen molar-refractivity contribution < 1.29 is 4.79 Å². The van der Waals surface area contributed by atoms with E-state index in [1.807, 2.05) is 29.1 Å². The molecule has 1 fully saturated rings. The molecule has 5 nitrogen and oxygen atoms in total. The molecule has 1 aromatic heterocycles. The maximum atomic E-state index is 13.1. The second kappa shape index (κ2) is 6.40. The molecule has 3 rings (SSSR count). The molecule has 0 aliphatic carbocycles. The number of carbonyl (C=O) groups is 1. The molecule has 2 aromatic rings. The molecule has 1 aromatic carbocycles. The van der Waals surface area contributed by atoms with Crippen LogP contribution in [0, 0.1) is 0 Å². The Morgan fingerprint density at radius 1 is 1.21 bits per heavy atom. The molecule has 24 heavy (non-hydrogen) atoms. The smallest absolute Gasteiger partial charge is 0.252 e. The lowest BCUT2D eigenvalue weighted by molar-refractivity contribution is -0.126. The number of benzene rings is 1. The van der Waals surface area contributed by atoms with Gasteiger partial charge in [-0.25, -0.2) is 0 Å². The predicted molar refractivity (Wildman–Crippen MR) is 96.1 cm³/mol. The van der Waals surface area contributed by atoms with Crippen molar-refractivity contribution in [2.24, 2.45) is 0 Å². The Labute approximate surface area is 143 Å². The Morgan fingerprint density at radius 2 is 1.88 bits per heavy atom. The first-order valence-electron chi connectivity index (χ1n) is 8.55. The Bertz CT molecular complexity index is 677. The Balaban J connectivity index is 1.82. The summed E-state index contributed by atoms with van der Waals surface area (Å²) in [7, 11) is 0. The molecular weight excluding hydrogens is 300 g/mol. The molecule has 0 unspecified atom stereocenters. The number of nitrogens with zero attached hydrogens (tertiary/aromatic N) is 2. The van der Waals surface area contributed by atoms with Gasteiger partial charge in [0.25, 0.3) is 5.91 Å². The number of carbonyl (C=O) groups excluding carboxylic acids is 1. The van der Waals surface area contributed by atoms with E-state index in [1.165, 1.54) is 5.56 Å². The maximum absolute atomic E-state index is 13.1. The van der Waals surface area contributed by atoms with Crippen molar-refractivity contribution in [2.75, 3.05) is 18.4 Å². The molecule has 1 amide bonds. The molecule has 2 heterocycles. The zero-order valence-corrected chi connectivity index (χ0v) is 14.7. The van der Waals surface area contributed by atoms with E-state index < -0.39 is 5.54 Å². The lowest BCUT2D eigenvalue weighted by Crippen LogP contribution is -2.52. The minimum absolute atomic E-state index is 0.0104. The first kappa shape index (κ1) is 16.7. The first-order valence-corrected chi connectivity index (χ1v) is 8.55. The van der Waals surface area contributed by atoms with E-state index in [4.69, 9.17) is 0 Å². The summed E-state index contributed by atoms with van der Waals surface area (Å²) in [5.74, 6) is 0.0104. The molecule has 0 radical (unpaired) electrons. The first-order chi connectivity index (χ1) is 11.4. The van der Waals surface area contributed by atoms with E-state index in [0.29, 0.717) is 0 Å². The minimum Gasteiger partial charge on any atom is -0.324 e. The van der Waals surface area contributed by atoms with E-state index in [9.17, 15) is 4.79 Å². The van der Waals surface area contributed by atoms with Crippen LogP contribution in [0.15, 0.2) is 42.7 Å². The summed E-state index contributed by atoms with van der Waals surface area (Å²) < 4.78 is 1.81. The van der Waals surface area contributed by atoms with Crippen molar-refractivity contribution >= 4 is 11.6 Å². The number of nitrogens with one attached hydrogen (secondary N) is 2. The van der Waals surface area contributed by atoms with Crippen LogP contribution in [0.1, 0.15) is 39.2 Å². The number of amides is 1. The number of aromatic nitrogens is 2. The van der Waals surface area contributed by atoms with Crippen LogP contribution in [0.3, 0.4) is 0 Å². The molecule has 1 aliphatic heterocycles. The second-order valence-corrected chi connectivity index (χ2v) is 7.51. The number of piperidine rings is 1. The van der Waals surface area contributed by atoms with Crippen LogP contribution < -0.4 is 10.6 Å². The van der Waals surface area contributed by atoms with E-state index in [-0.39, 0.29) is 11.3 Å². The van der Waals surface area contributed by atoms with Gasteiger partial charge in [0.2, 0.25) is 0 Å². The third kappa shape index (κ3) is 3.22. The van der Waals surface area contributed by atoms with Gasteiger partial charge >= 0.3 is 0 Å². The van der Waals surface area contributed by atoms with Crippen molar-refractivity contribution in [3.8, 4) is 0 Å². The van der Waals surface area contributed by atoms with Gasteiger partial charge in [0.05, 0.1) is 0 Å². The quantitative estimate of drug-likeness (QED) is 0.912. The monoisotopic (exact) mass is 326 g/mol. The van der Waals surface area contributed by atoms with E-state index in [0.717, 1.165) is 31.6 Å². The largest absolute Gasteiger partial charge is 0.324 e. The van der Waals surface area contributed by atoms with Gasteiger partial charge in [0, 0.05) is 18.1 Å². The number of rotatable bonds is 3. The van der Waals surface area contributed by atoms with Crippen LogP contribution in [0.2, 0.25) is 0 Å². The fraction of sp³-hybridized carbons (Fsp3) is 0.474. The van der Waals surface area contributed by atoms with Crippen molar-refractivity contribution in [3.05, 3.63) is 48.3 Å². The van der Waals surface area contributed by atoms with Gasteiger partial charge in [-0.1, -0.05) is 32.9 Å². The van der Waals surface area contributed by atoms with Crippen molar-refractivity contribution in [1.82, 2.24) is 15.1 Å². The van der Waals surface area contributed by atoms with Crippen LogP contribution in [0.25, 0.3) is 0 Å². The van der Waals surface area contributed by atoms with Gasteiger partial charge in [0.15, 0.2) is 0 Å². The van der Waals surface area contributed by atoms with Crippen molar-refractivity contribution in [1.29, 1.82) is 0 Å². The van der Waals surface area contributed by atoms with Gasteiger partial charge in [-0.05, 0) is 55.1 Å². The second-order valence-electron chi connectivity index (χ2n) is 7.51. The third-order valence-corrected chi connectivity index (χ3v) is 4.81. The van der Waals surface area contributed by atoms with E-state index in [2.05, 4.69) is 48.6 Å². The molecule has 2 N–H and O–H groups in total. The highest BCUT2D eigenvalue weighted by atomic mass is 16.2. The summed E-state index contributed by atoms with van der Waals surface area (Å²) in [6.45, 7) is 8.18. The topological polar surface area (TPSA) is 59.0 Å². The number of anilines is 1. The summed E-state index contributed by atoms with van der Waals surface area (Å²) in [5, 5.41) is 10.8. The number of hydrogen-bond donors (Lipinski definition) is 2. The van der Waals surface area contributed by atoms with Crippen LogP contribution in [0.5, 0.6) is 0 Å². The molecule has 0 spiro atoms. The number of hydrogen-bond acceptors (Lipinski definition) is 3. The minimum atomic E-state index is -0.614. The zero-order valence-electron chi connectivity index (χ0n) is 14.7. The lowest BCUT2D eigenvalue weighted by atomic mass is 9.86. The normalized spacial score (nSPS) is 17.5. The molecule has 128 valence electrons. The molecule has 0 atom stereocenters. The van der Waals surface area contributed by atoms with Crippen LogP contribution in [-0.2, 0) is 15.7 Å². The van der Waals surface area contributed by atoms with Gasteiger partial charge in [0.1, 0.15) is 5.54 Å². The summed E-state index contributed by atoms with van der Waals surface area (Å²) in [4.78, 5) is 13.1. The highest BCUT2D eigenvalue weighted by molar-refractivity contribution is 5.96. The van der Waals surface area contributed by atoms with E-state index >= 15 is 0 Å². The molecule has 0 bridgehead atoms. The summed E-state index contributed by atoms with van der Waals surface area (Å²) >= 11 is 0. The van der Waals surface area contributed by atoms with Gasteiger partial charge in [-0.3, -0.25) is 9.48 Å². The summed E-state index contributed by atoms with van der Waals surface area (Å²) in [6, 6.07) is 10.00. The molecule has 1 saturated heterocycles. The van der Waals surface area contributed by atoms with Crippen LogP contribution in [0.4, 0.5) is 5.69 Å². The SMILES string of the molecule is CC(C)(C)c1ccc(NC(=O)C2(n3cccn3)CCNCC2)cc1. The van der Waals surface area contributed by atoms with Crippen LogP contribution in [-0.4, -0.2) is 28.8 Å². The molecule has 1 aliphatic rings. The van der Waals surface area contributed by atoms with E-state index in [1.54, 1.807) is 6.20 Å². The maximum Gasteiger partial charge on any atom is 0.252 e. The summed E-state index contributed by atoms with van der Waals surface area (Å²) in [6.07, 6.45) is 5.09. The highest BCUT2D eigenvalue weighted by Crippen LogP contribution is 2.29. The van der Waals surface area contributed by atoms with Crippen molar-refractivity contribution in [2.45, 2.75) is 44.6 Å². The molecule has 0 saturated carbocycles. The Hall–Kier alpha value is -2.14. The van der Waals surface area contributed by atoms with Gasteiger partial charge in [-0.2, -0.15) is 5.10 Å². The summed E-state index contributed by atoms with van der Waals surface area (Å²) in [5.41, 5.74) is 1.58. The predicted octanol–water partition coefficient (Wildman–Crippen LogP) is 2.90. The highest BCUT2D eigenvalue weighted by Gasteiger charge is 2.42.